The third-order valence-electron chi connectivity index (χ3n) is 4.60. The molecule has 1 aliphatic rings. The summed E-state index contributed by atoms with van der Waals surface area (Å²) in [5.41, 5.74) is 8.64. The Labute approximate surface area is 118 Å². The molecule has 0 spiro atoms. The molecular weight excluding hydrogens is 232 g/mol. The molecule has 0 aromatic heterocycles. The van der Waals surface area contributed by atoms with Gasteiger partial charge in [0.1, 0.15) is 0 Å². The van der Waals surface area contributed by atoms with Crippen molar-refractivity contribution >= 4 is 5.69 Å². The minimum Gasteiger partial charge on any atom is -0.372 e. The van der Waals surface area contributed by atoms with E-state index in [1.807, 2.05) is 0 Å². The van der Waals surface area contributed by atoms with Gasteiger partial charge in [-0.2, -0.15) is 0 Å². The predicted molar refractivity (Wildman–Crippen MR) is 83.6 cm³/mol. The van der Waals surface area contributed by atoms with E-state index >= 15 is 0 Å². The van der Waals surface area contributed by atoms with E-state index in [2.05, 4.69) is 43.0 Å². The first-order valence-corrected chi connectivity index (χ1v) is 7.76. The molecule has 0 heterocycles. The summed E-state index contributed by atoms with van der Waals surface area (Å²) in [5.74, 6) is 1.51. The van der Waals surface area contributed by atoms with Crippen LogP contribution in [0.1, 0.15) is 38.2 Å². The van der Waals surface area contributed by atoms with E-state index in [0.29, 0.717) is 0 Å². The molecule has 0 bridgehead atoms. The molecule has 1 aliphatic carbocycles. The minimum atomic E-state index is 0.730. The fourth-order valence-electron chi connectivity index (χ4n) is 3.29. The van der Waals surface area contributed by atoms with Crippen LogP contribution in [0, 0.1) is 18.8 Å². The normalized spacial score (nSPS) is 23.3. The summed E-state index contributed by atoms with van der Waals surface area (Å²) < 4.78 is 0. The maximum Gasteiger partial charge on any atom is 0.0366 e. The predicted octanol–water partition coefficient (Wildman–Crippen LogP) is 3.59. The average molecular weight is 260 g/mol. The Balaban J connectivity index is 2.03. The lowest BCUT2D eigenvalue weighted by molar-refractivity contribution is 0.246. The highest BCUT2D eigenvalue weighted by Gasteiger charge is 2.25. The van der Waals surface area contributed by atoms with Gasteiger partial charge in [0.25, 0.3) is 0 Å². The van der Waals surface area contributed by atoms with Crippen LogP contribution in [0.2, 0.25) is 0 Å². The van der Waals surface area contributed by atoms with Gasteiger partial charge in [0, 0.05) is 18.8 Å². The fourth-order valence-corrected chi connectivity index (χ4v) is 3.29. The maximum absolute atomic E-state index is 5.95. The minimum absolute atomic E-state index is 0.730. The van der Waals surface area contributed by atoms with E-state index in [1.165, 1.54) is 43.5 Å². The van der Waals surface area contributed by atoms with E-state index < -0.39 is 0 Å². The van der Waals surface area contributed by atoms with Gasteiger partial charge < -0.3 is 10.6 Å². The van der Waals surface area contributed by atoms with Crippen LogP contribution in [0.4, 0.5) is 5.69 Å². The van der Waals surface area contributed by atoms with Crippen LogP contribution in [-0.4, -0.2) is 19.6 Å². The summed E-state index contributed by atoms with van der Waals surface area (Å²) in [6, 6.07) is 8.91. The topological polar surface area (TPSA) is 29.3 Å². The molecule has 2 heteroatoms. The van der Waals surface area contributed by atoms with Crippen molar-refractivity contribution < 1.29 is 0 Å². The van der Waals surface area contributed by atoms with E-state index in [4.69, 9.17) is 5.73 Å². The van der Waals surface area contributed by atoms with Crippen molar-refractivity contribution in [2.45, 2.75) is 39.5 Å². The Morgan fingerprint density at radius 2 is 1.74 bits per heavy atom. The summed E-state index contributed by atoms with van der Waals surface area (Å²) in [6.45, 7) is 7.50. The molecule has 106 valence electrons. The van der Waals surface area contributed by atoms with Gasteiger partial charge in [-0.25, -0.2) is 0 Å². The molecule has 0 saturated heterocycles. The molecule has 2 rings (SSSR count). The van der Waals surface area contributed by atoms with Crippen LogP contribution >= 0.6 is 0 Å². The highest BCUT2D eigenvalue weighted by molar-refractivity contribution is 5.47. The number of benzene rings is 1. The van der Waals surface area contributed by atoms with Crippen LogP contribution in [-0.2, 0) is 0 Å². The first-order chi connectivity index (χ1) is 9.24. The number of rotatable bonds is 5. The molecular formula is C17H28N2. The SMILES string of the molecule is CCN(CC1CCCCC1CN)c1ccc(C)cc1. The molecule has 1 fully saturated rings. The smallest absolute Gasteiger partial charge is 0.0366 e. The van der Waals surface area contributed by atoms with Crippen LogP contribution in [0.25, 0.3) is 0 Å². The zero-order chi connectivity index (χ0) is 13.7. The maximum atomic E-state index is 5.95. The molecule has 2 unspecified atom stereocenters. The molecule has 2 atom stereocenters. The van der Waals surface area contributed by atoms with Crippen molar-refractivity contribution in [2.75, 3.05) is 24.5 Å². The Kier molecular flexibility index (Phi) is 5.26. The number of anilines is 1. The van der Waals surface area contributed by atoms with Crippen molar-refractivity contribution in [2.24, 2.45) is 17.6 Å². The second-order valence-electron chi connectivity index (χ2n) is 5.91. The van der Waals surface area contributed by atoms with Crippen LogP contribution in [0.15, 0.2) is 24.3 Å². The summed E-state index contributed by atoms with van der Waals surface area (Å²) in [6.07, 6.45) is 5.43. The standard InChI is InChI=1S/C17H28N2/c1-3-19(17-10-8-14(2)9-11-17)13-16-7-5-4-6-15(16)12-18/h8-11,15-16H,3-7,12-13,18H2,1-2H3. The molecule has 1 aromatic rings. The van der Waals surface area contributed by atoms with Gasteiger partial charge in [-0.3, -0.25) is 0 Å². The summed E-state index contributed by atoms with van der Waals surface area (Å²) in [4.78, 5) is 2.51. The molecule has 19 heavy (non-hydrogen) atoms. The van der Waals surface area contributed by atoms with Gasteiger partial charge in [0.15, 0.2) is 0 Å². The molecule has 2 nitrogen and oxygen atoms in total. The number of nitrogens with zero attached hydrogens (tertiary/aromatic N) is 1. The Morgan fingerprint density at radius 1 is 1.11 bits per heavy atom. The first kappa shape index (κ1) is 14.4. The third kappa shape index (κ3) is 3.73. The van der Waals surface area contributed by atoms with Gasteiger partial charge in [-0.05, 0) is 57.2 Å². The number of hydrogen-bond donors (Lipinski definition) is 1. The number of aryl methyl sites for hydroxylation is 1. The Bertz CT molecular complexity index is 371. The Morgan fingerprint density at radius 3 is 2.32 bits per heavy atom. The summed E-state index contributed by atoms with van der Waals surface area (Å²) in [7, 11) is 0. The average Bonchev–Trinajstić information content (AvgIpc) is 2.46. The second kappa shape index (κ2) is 6.95. The third-order valence-corrected chi connectivity index (χ3v) is 4.60. The van der Waals surface area contributed by atoms with E-state index in [-0.39, 0.29) is 0 Å². The zero-order valence-corrected chi connectivity index (χ0v) is 12.4. The van der Waals surface area contributed by atoms with Gasteiger partial charge >= 0.3 is 0 Å². The molecule has 0 radical (unpaired) electrons. The Hall–Kier alpha value is -1.02. The van der Waals surface area contributed by atoms with E-state index in [9.17, 15) is 0 Å². The van der Waals surface area contributed by atoms with Gasteiger partial charge in [-0.15, -0.1) is 0 Å². The molecule has 1 saturated carbocycles. The van der Waals surface area contributed by atoms with Crippen molar-refractivity contribution in [1.29, 1.82) is 0 Å². The number of hydrogen-bond acceptors (Lipinski definition) is 2. The highest BCUT2D eigenvalue weighted by atomic mass is 15.1. The zero-order valence-electron chi connectivity index (χ0n) is 12.4. The first-order valence-electron chi connectivity index (χ1n) is 7.76. The van der Waals surface area contributed by atoms with Crippen LogP contribution in [0.5, 0.6) is 0 Å². The lowest BCUT2D eigenvalue weighted by atomic mass is 9.79. The van der Waals surface area contributed by atoms with E-state index in [1.54, 1.807) is 0 Å². The summed E-state index contributed by atoms with van der Waals surface area (Å²) >= 11 is 0. The monoisotopic (exact) mass is 260 g/mol. The molecule has 0 aliphatic heterocycles. The van der Waals surface area contributed by atoms with Crippen LogP contribution in [0.3, 0.4) is 0 Å². The van der Waals surface area contributed by atoms with Gasteiger partial charge in [-0.1, -0.05) is 30.5 Å². The van der Waals surface area contributed by atoms with Gasteiger partial charge in [0.05, 0.1) is 0 Å². The van der Waals surface area contributed by atoms with Crippen molar-refractivity contribution in [3.63, 3.8) is 0 Å². The van der Waals surface area contributed by atoms with E-state index in [0.717, 1.165) is 24.9 Å². The van der Waals surface area contributed by atoms with Crippen LogP contribution < -0.4 is 10.6 Å². The molecule has 1 aromatic carbocycles. The number of nitrogens with two attached hydrogens (primary N) is 1. The molecule has 2 N–H and O–H groups in total. The summed E-state index contributed by atoms with van der Waals surface area (Å²) in [5, 5.41) is 0. The van der Waals surface area contributed by atoms with Crippen molar-refractivity contribution in [1.82, 2.24) is 0 Å². The molecule has 0 amide bonds. The second-order valence-corrected chi connectivity index (χ2v) is 5.91. The van der Waals surface area contributed by atoms with Crippen molar-refractivity contribution in [3.8, 4) is 0 Å². The largest absolute Gasteiger partial charge is 0.372 e. The fraction of sp³-hybridized carbons (Fsp3) is 0.647. The lowest BCUT2D eigenvalue weighted by Gasteiger charge is -2.35. The highest BCUT2D eigenvalue weighted by Crippen LogP contribution is 2.31. The lowest BCUT2D eigenvalue weighted by Crippen LogP contribution is -2.37. The van der Waals surface area contributed by atoms with Crippen molar-refractivity contribution in [3.05, 3.63) is 29.8 Å². The quantitative estimate of drug-likeness (QED) is 0.876. The van der Waals surface area contributed by atoms with Gasteiger partial charge in [0.2, 0.25) is 0 Å².